The van der Waals surface area contributed by atoms with Gasteiger partial charge in [-0.2, -0.15) is 4.80 Å². The van der Waals surface area contributed by atoms with Crippen molar-refractivity contribution in [3.8, 4) is 0 Å². The largest absolute Gasteiger partial charge is 0.481 e. The average molecular weight is 712 g/mol. The zero-order valence-electron chi connectivity index (χ0n) is 32.8. The molecule has 4 fully saturated rings. The number of nitrogens with two attached hydrogens (primary N) is 2. The molecule has 286 valence electrons. The number of ether oxygens (including phenoxy) is 2. The summed E-state index contributed by atoms with van der Waals surface area (Å²) >= 11 is 0. The molecule has 4 aliphatic carbocycles. The first-order chi connectivity index (χ1) is 23.7. The Balaban J connectivity index is 1.42. The molecule has 12 nitrogen and oxygen atoms in total. The van der Waals surface area contributed by atoms with Crippen LogP contribution in [0.5, 0.6) is 0 Å². The number of tetrazole rings is 1. The van der Waals surface area contributed by atoms with E-state index >= 15 is 0 Å². The van der Waals surface area contributed by atoms with Gasteiger partial charge < -0.3 is 31.4 Å². The van der Waals surface area contributed by atoms with Crippen molar-refractivity contribution < 1.29 is 24.2 Å². The molecule has 1 amide bonds. The van der Waals surface area contributed by atoms with Crippen molar-refractivity contribution in [1.29, 1.82) is 0 Å². The summed E-state index contributed by atoms with van der Waals surface area (Å²) in [5, 5.41) is 27.6. The number of aliphatic carboxylic acids is 1. The van der Waals surface area contributed by atoms with Crippen LogP contribution in [0.1, 0.15) is 114 Å². The van der Waals surface area contributed by atoms with Gasteiger partial charge >= 0.3 is 5.97 Å². The Morgan fingerprint density at radius 2 is 1.82 bits per heavy atom. The zero-order valence-corrected chi connectivity index (χ0v) is 32.8. The second-order valence-corrected chi connectivity index (χ2v) is 19.2. The van der Waals surface area contributed by atoms with Crippen LogP contribution in [-0.2, 0) is 19.1 Å². The molecule has 0 radical (unpaired) electrons. The van der Waals surface area contributed by atoms with Crippen molar-refractivity contribution in [3.63, 3.8) is 0 Å². The van der Waals surface area contributed by atoms with E-state index in [-0.39, 0.29) is 70.0 Å². The Labute approximate surface area is 304 Å². The topological polar surface area (TPSA) is 181 Å². The highest BCUT2D eigenvalue weighted by Crippen LogP contribution is 2.75. The van der Waals surface area contributed by atoms with E-state index < -0.39 is 28.7 Å². The van der Waals surface area contributed by atoms with Crippen LogP contribution >= 0.6 is 0 Å². The first-order valence-corrected chi connectivity index (χ1v) is 19.4. The summed E-state index contributed by atoms with van der Waals surface area (Å²) in [6.45, 7) is 23.9. The van der Waals surface area contributed by atoms with Crippen molar-refractivity contribution in [2.24, 2.45) is 68.3 Å². The Hall–Kier alpha value is -2.57. The van der Waals surface area contributed by atoms with E-state index in [0.29, 0.717) is 32.2 Å². The molecule has 1 aliphatic heterocycles. The van der Waals surface area contributed by atoms with Crippen LogP contribution < -0.4 is 16.8 Å². The Kier molecular flexibility index (Phi) is 9.57. The average Bonchev–Trinajstić information content (AvgIpc) is 3.48. The Morgan fingerprint density at radius 1 is 1.12 bits per heavy atom. The summed E-state index contributed by atoms with van der Waals surface area (Å²) in [6, 6.07) is -0.262. The first-order valence-electron chi connectivity index (χ1n) is 19.4. The molecule has 1 aromatic heterocycles. The van der Waals surface area contributed by atoms with Crippen LogP contribution in [0.2, 0.25) is 0 Å². The molecule has 3 saturated carbocycles. The highest BCUT2D eigenvalue weighted by Gasteiger charge is 2.72. The van der Waals surface area contributed by atoms with E-state index in [4.69, 9.17) is 20.9 Å². The SMILES string of the molecule is CC(C)[C@@H](C)[C@@]1(C)CC[C@]2(C)[C@H]3CC[C@@H]4[C@@]5(COC[C@@]4(C)[C@@H](OC[C@](C)(NCC(N)=O)C(C)C)[C@H](n4nnc(N)n4)C5)C3=CC[C@@]2(C)[C@@H]1C(=O)O. The van der Waals surface area contributed by atoms with Crippen molar-refractivity contribution in [2.75, 3.05) is 32.1 Å². The van der Waals surface area contributed by atoms with Crippen LogP contribution in [0.3, 0.4) is 0 Å². The molecule has 2 heterocycles. The maximum atomic E-state index is 13.5. The summed E-state index contributed by atoms with van der Waals surface area (Å²) < 4.78 is 13.8. The predicted molar refractivity (Wildman–Crippen MR) is 195 cm³/mol. The van der Waals surface area contributed by atoms with Crippen LogP contribution in [-0.4, -0.2) is 75.2 Å². The molecule has 0 unspecified atom stereocenters. The van der Waals surface area contributed by atoms with Crippen LogP contribution in [0.4, 0.5) is 5.95 Å². The molecular weight excluding hydrogens is 646 g/mol. The second kappa shape index (κ2) is 12.8. The number of nitrogen functional groups attached to an aromatic ring is 1. The Morgan fingerprint density at radius 3 is 2.41 bits per heavy atom. The summed E-state index contributed by atoms with van der Waals surface area (Å²) in [5.74, 6) is -0.0166. The number of aromatic nitrogens is 4. The molecule has 5 aliphatic rings. The number of nitrogens with zero attached hydrogens (tertiary/aromatic N) is 4. The number of allylic oxidation sites excluding steroid dienone is 1. The van der Waals surface area contributed by atoms with Gasteiger partial charge in [-0.25, -0.2) is 0 Å². The number of amides is 1. The van der Waals surface area contributed by atoms with E-state index in [9.17, 15) is 14.7 Å². The lowest BCUT2D eigenvalue weighted by Crippen LogP contribution is -2.69. The lowest BCUT2D eigenvalue weighted by Gasteiger charge is -2.71. The number of carbonyl (C=O) groups excluding carboxylic acids is 1. The number of fused-ring (bicyclic) bond motifs is 3. The van der Waals surface area contributed by atoms with E-state index in [2.05, 4.69) is 96.0 Å². The maximum Gasteiger partial charge on any atom is 0.307 e. The molecule has 2 bridgehead atoms. The van der Waals surface area contributed by atoms with Crippen LogP contribution in [0.15, 0.2) is 11.6 Å². The molecule has 1 saturated heterocycles. The van der Waals surface area contributed by atoms with Gasteiger partial charge in [0.2, 0.25) is 5.91 Å². The van der Waals surface area contributed by atoms with Crippen molar-refractivity contribution in [2.45, 2.75) is 125 Å². The molecular formula is C39H65N7O5. The molecule has 0 spiro atoms. The van der Waals surface area contributed by atoms with E-state index in [0.717, 1.165) is 32.1 Å². The minimum absolute atomic E-state index is 0.0604. The third-order valence-corrected chi connectivity index (χ3v) is 16.3. The summed E-state index contributed by atoms with van der Waals surface area (Å²) in [5.41, 5.74) is 11.0. The number of anilines is 1. The highest BCUT2D eigenvalue weighted by molar-refractivity contribution is 5.76. The standard InChI is InChI=1S/C39H65N7O5/c1-22(2)24(5)34(6)15-16-36(8)25-11-12-28-35(7)19-50-21-39(28,26(25)13-14-37(36,9)30(34)32(48)49)17-27(46-44-33(41)43-45-46)31(35)51-20-38(10,23(3)4)42-18-29(40)47/h13,22-25,27-28,30-31,42H,11-12,14-21H2,1-10H3,(H2,40,47)(H2,41,44)(H,48,49)/t24-,25+,27-,28+,30-,31+,34-,35-,36-,37+,38+,39+/m1/s1. The Bertz CT molecular complexity index is 1550. The molecule has 12 atom stereocenters. The van der Waals surface area contributed by atoms with Gasteiger partial charge in [0, 0.05) is 16.4 Å². The van der Waals surface area contributed by atoms with Crippen LogP contribution in [0.25, 0.3) is 0 Å². The first kappa shape index (κ1) is 38.2. The number of rotatable bonds is 11. The molecule has 1 aromatic rings. The predicted octanol–water partition coefficient (Wildman–Crippen LogP) is 5.26. The van der Waals surface area contributed by atoms with Crippen molar-refractivity contribution in [3.05, 3.63) is 11.6 Å². The molecule has 6 rings (SSSR count). The third kappa shape index (κ3) is 5.58. The van der Waals surface area contributed by atoms with Gasteiger partial charge in [0.05, 0.1) is 38.4 Å². The number of carboxylic acid groups (broad SMARTS) is 1. The lowest BCUT2D eigenvalue weighted by atomic mass is 9.34. The van der Waals surface area contributed by atoms with Gasteiger partial charge in [-0.1, -0.05) is 79.1 Å². The molecule has 12 heteroatoms. The number of nitrogens with one attached hydrogen (secondary N) is 1. The quantitative estimate of drug-likeness (QED) is 0.221. The van der Waals surface area contributed by atoms with E-state index in [1.807, 2.05) is 0 Å². The second-order valence-electron chi connectivity index (χ2n) is 19.2. The normalized spacial score (nSPS) is 42.3. The maximum absolute atomic E-state index is 13.5. The lowest BCUT2D eigenvalue weighted by molar-refractivity contribution is -0.254. The zero-order chi connectivity index (χ0) is 37.5. The van der Waals surface area contributed by atoms with Gasteiger partial charge in [0.1, 0.15) is 6.04 Å². The van der Waals surface area contributed by atoms with Gasteiger partial charge in [0.25, 0.3) is 5.95 Å². The number of carbonyl (C=O) groups is 2. The van der Waals surface area contributed by atoms with Crippen molar-refractivity contribution >= 4 is 17.8 Å². The number of primary amides is 1. The van der Waals surface area contributed by atoms with Gasteiger partial charge in [0.15, 0.2) is 0 Å². The number of carboxylic acids is 1. The molecule has 0 aromatic carbocycles. The molecule has 6 N–H and O–H groups in total. The summed E-state index contributed by atoms with van der Waals surface area (Å²) in [6.07, 6.45) is 7.51. The fourth-order valence-corrected chi connectivity index (χ4v) is 12.5. The third-order valence-electron chi connectivity index (χ3n) is 16.3. The van der Waals surface area contributed by atoms with Gasteiger partial charge in [-0.3, -0.25) is 9.59 Å². The smallest absolute Gasteiger partial charge is 0.307 e. The van der Waals surface area contributed by atoms with Gasteiger partial charge in [-0.05, 0) is 96.5 Å². The summed E-state index contributed by atoms with van der Waals surface area (Å²) in [7, 11) is 0. The van der Waals surface area contributed by atoms with Gasteiger partial charge in [-0.15, -0.1) is 5.10 Å². The fourth-order valence-electron chi connectivity index (χ4n) is 12.5. The van der Waals surface area contributed by atoms with Crippen molar-refractivity contribution in [1.82, 2.24) is 25.5 Å². The highest BCUT2D eigenvalue weighted by atomic mass is 16.5. The molecule has 51 heavy (non-hydrogen) atoms. The number of hydrogen-bond acceptors (Lipinski definition) is 9. The minimum atomic E-state index is -0.651. The fraction of sp³-hybridized carbons (Fsp3) is 0.872. The van der Waals surface area contributed by atoms with Crippen LogP contribution in [0, 0.1) is 62.6 Å². The van der Waals surface area contributed by atoms with E-state index in [1.165, 1.54) is 5.57 Å². The summed E-state index contributed by atoms with van der Waals surface area (Å²) in [4.78, 5) is 26.9. The monoisotopic (exact) mass is 712 g/mol. The minimum Gasteiger partial charge on any atom is -0.481 e. The van der Waals surface area contributed by atoms with E-state index in [1.54, 1.807) is 4.80 Å². The number of hydrogen-bond donors (Lipinski definition) is 4.